The molecule has 1 unspecified atom stereocenters. The van der Waals surface area contributed by atoms with Crippen molar-refractivity contribution in [2.24, 2.45) is 11.8 Å². The van der Waals surface area contributed by atoms with Crippen LogP contribution in [0.25, 0.3) is 16.3 Å². The van der Waals surface area contributed by atoms with Crippen LogP contribution in [0.4, 0.5) is 4.39 Å². The highest BCUT2D eigenvalue weighted by Crippen LogP contribution is 2.53. The Labute approximate surface area is 155 Å². The number of pyridine rings is 1. The number of benzene rings is 1. The number of rotatable bonds is 3. The van der Waals surface area contributed by atoms with E-state index in [2.05, 4.69) is 64.1 Å². The Balaban J connectivity index is 1.95. The first kappa shape index (κ1) is 17.2. The number of halogens is 1. The number of hydrogen-bond donors (Lipinski definition) is 0. The van der Waals surface area contributed by atoms with Gasteiger partial charge in [0.15, 0.2) is 0 Å². The second-order valence-corrected chi connectivity index (χ2v) is 8.37. The lowest BCUT2D eigenvalue weighted by molar-refractivity contribution is 0.524. The summed E-state index contributed by atoms with van der Waals surface area (Å²) in [5, 5.41) is 2.39. The number of hydrogen-bond acceptors (Lipinski definition) is 1. The SMILES string of the molecule is CC(C)C=CCC1CC=C(F)C2=C1c1nccc3cccc(c13)C2(C)C. The zero-order valence-corrected chi connectivity index (χ0v) is 16.0. The highest BCUT2D eigenvalue weighted by atomic mass is 19.1. The molecule has 1 aromatic carbocycles. The van der Waals surface area contributed by atoms with Crippen LogP contribution < -0.4 is 0 Å². The second-order valence-electron chi connectivity index (χ2n) is 8.37. The van der Waals surface area contributed by atoms with Crippen molar-refractivity contribution in [1.29, 1.82) is 0 Å². The largest absolute Gasteiger partial charge is 0.256 e. The summed E-state index contributed by atoms with van der Waals surface area (Å²) < 4.78 is 15.1. The number of allylic oxidation sites excluding steroid dienone is 6. The average Bonchev–Trinajstić information content (AvgIpc) is 2.60. The third kappa shape index (κ3) is 2.55. The molecule has 2 aliphatic rings. The van der Waals surface area contributed by atoms with Crippen molar-refractivity contribution < 1.29 is 4.39 Å². The van der Waals surface area contributed by atoms with Crippen molar-refractivity contribution >= 4 is 16.3 Å². The maximum absolute atomic E-state index is 15.1. The molecule has 0 spiro atoms. The molecule has 2 heteroatoms. The molecule has 1 aromatic heterocycles. The van der Waals surface area contributed by atoms with Gasteiger partial charge in [-0.2, -0.15) is 0 Å². The molecular weight excluding hydrogens is 321 g/mol. The minimum Gasteiger partial charge on any atom is -0.256 e. The standard InChI is InChI=1S/C24H26FN/c1-15(2)7-5-8-16-11-12-19(25)22-21(16)23-20-17(13-14-26-23)9-6-10-18(20)24(22,3)4/h5-7,9-10,12-16H,8,11H2,1-4H3. The Morgan fingerprint density at radius 2 is 2.08 bits per heavy atom. The van der Waals surface area contributed by atoms with E-state index < -0.39 is 0 Å². The zero-order chi connectivity index (χ0) is 18.5. The summed E-state index contributed by atoms with van der Waals surface area (Å²) in [5.74, 6) is 0.747. The molecule has 1 heterocycles. The van der Waals surface area contributed by atoms with Gasteiger partial charge in [-0.15, -0.1) is 0 Å². The van der Waals surface area contributed by atoms with Crippen molar-refractivity contribution in [2.45, 2.75) is 46.0 Å². The quantitative estimate of drug-likeness (QED) is 0.559. The van der Waals surface area contributed by atoms with Gasteiger partial charge in [0.25, 0.3) is 0 Å². The molecule has 0 fully saturated rings. The summed E-state index contributed by atoms with van der Waals surface area (Å²) in [7, 11) is 0. The molecule has 134 valence electrons. The maximum atomic E-state index is 15.1. The Hall–Kier alpha value is -2.22. The van der Waals surface area contributed by atoms with Gasteiger partial charge in [0.2, 0.25) is 0 Å². The Morgan fingerprint density at radius 3 is 2.85 bits per heavy atom. The molecule has 0 radical (unpaired) electrons. The van der Waals surface area contributed by atoms with E-state index in [0.717, 1.165) is 29.7 Å². The van der Waals surface area contributed by atoms with E-state index in [1.165, 1.54) is 16.3 Å². The normalized spacial score (nSPS) is 21.5. The molecule has 0 saturated carbocycles. The lowest BCUT2D eigenvalue weighted by atomic mass is 9.64. The summed E-state index contributed by atoms with van der Waals surface area (Å²) in [6, 6.07) is 8.40. The average molecular weight is 347 g/mol. The molecular formula is C24H26FN. The van der Waals surface area contributed by atoms with E-state index >= 15 is 4.39 Å². The van der Waals surface area contributed by atoms with Crippen LogP contribution in [0.3, 0.4) is 0 Å². The minimum atomic E-state index is -0.355. The molecule has 1 nitrogen and oxygen atoms in total. The van der Waals surface area contributed by atoms with Crippen LogP contribution >= 0.6 is 0 Å². The highest BCUT2D eigenvalue weighted by Gasteiger charge is 2.41. The highest BCUT2D eigenvalue weighted by molar-refractivity contribution is 6.00. The Morgan fingerprint density at radius 1 is 1.27 bits per heavy atom. The first-order valence-corrected chi connectivity index (χ1v) is 9.57. The molecule has 2 aliphatic carbocycles. The van der Waals surface area contributed by atoms with E-state index in [9.17, 15) is 0 Å². The first-order valence-electron chi connectivity index (χ1n) is 9.57. The molecule has 0 aliphatic heterocycles. The molecule has 0 saturated heterocycles. The van der Waals surface area contributed by atoms with E-state index in [1.54, 1.807) is 6.08 Å². The van der Waals surface area contributed by atoms with Crippen molar-refractivity contribution in [3.63, 3.8) is 0 Å². The maximum Gasteiger partial charge on any atom is 0.123 e. The van der Waals surface area contributed by atoms with E-state index in [4.69, 9.17) is 4.98 Å². The topological polar surface area (TPSA) is 12.9 Å². The Kier molecular flexibility index (Phi) is 4.10. The van der Waals surface area contributed by atoms with Gasteiger partial charge in [0.05, 0.1) is 5.69 Å². The van der Waals surface area contributed by atoms with E-state index in [1.807, 2.05) is 6.20 Å². The number of fused-ring (bicyclic) bond motifs is 1. The van der Waals surface area contributed by atoms with Gasteiger partial charge in [-0.25, -0.2) is 4.39 Å². The predicted octanol–water partition coefficient (Wildman–Crippen LogP) is 6.76. The van der Waals surface area contributed by atoms with Crippen LogP contribution in [0.2, 0.25) is 0 Å². The zero-order valence-electron chi connectivity index (χ0n) is 16.0. The summed E-state index contributed by atoms with van der Waals surface area (Å²) in [5.41, 5.74) is 3.77. The molecule has 4 rings (SSSR count). The lowest BCUT2D eigenvalue weighted by Crippen LogP contribution is -2.30. The van der Waals surface area contributed by atoms with Gasteiger partial charge < -0.3 is 0 Å². The molecule has 1 atom stereocenters. The smallest absolute Gasteiger partial charge is 0.123 e. The molecule has 26 heavy (non-hydrogen) atoms. The van der Waals surface area contributed by atoms with Crippen LogP contribution in [0.15, 0.2) is 60.1 Å². The van der Waals surface area contributed by atoms with Crippen LogP contribution in [-0.4, -0.2) is 4.98 Å². The van der Waals surface area contributed by atoms with Crippen LogP contribution in [0.1, 0.15) is 51.8 Å². The van der Waals surface area contributed by atoms with E-state index in [-0.39, 0.29) is 17.2 Å². The van der Waals surface area contributed by atoms with Gasteiger partial charge in [0.1, 0.15) is 5.83 Å². The van der Waals surface area contributed by atoms with Gasteiger partial charge in [-0.1, -0.05) is 58.0 Å². The summed E-state index contributed by atoms with van der Waals surface area (Å²) in [6.07, 6.45) is 9.81. The molecule has 0 bridgehead atoms. The van der Waals surface area contributed by atoms with Crippen molar-refractivity contribution in [2.75, 3.05) is 0 Å². The summed E-state index contributed by atoms with van der Waals surface area (Å²) in [4.78, 5) is 4.74. The van der Waals surface area contributed by atoms with E-state index in [0.29, 0.717) is 5.92 Å². The van der Waals surface area contributed by atoms with Gasteiger partial charge in [0, 0.05) is 22.6 Å². The lowest BCUT2D eigenvalue weighted by Gasteiger charge is -2.40. The summed E-state index contributed by atoms with van der Waals surface area (Å²) in [6.45, 7) is 8.66. The fourth-order valence-corrected chi connectivity index (χ4v) is 4.56. The fourth-order valence-electron chi connectivity index (χ4n) is 4.56. The molecule has 0 N–H and O–H groups in total. The third-order valence-corrected chi connectivity index (χ3v) is 5.78. The monoisotopic (exact) mass is 347 g/mol. The van der Waals surface area contributed by atoms with Crippen molar-refractivity contribution in [3.05, 3.63) is 71.3 Å². The number of nitrogens with zero attached hydrogens (tertiary/aromatic N) is 1. The second kappa shape index (κ2) is 6.19. The minimum absolute atomic E-state index is 0.0672. The predicted molar refractivity (Wildman–Crippen MR) is 108 cm³/mol. The molecule has 2 aromatic rings. The van der Waals surface area contributed by atoms with Gasteiger partial charge >= 0.3 is 0 Å². The third-order valence-electron chi connectivity index (χ3n) is 5.78. The van der Waals surface area contributed by atoms with Crippen molar-refractivity contribution in [1.82, 2.24) is 4.98 Å². The van der Waals surface area contributed by atoms with Crippen molar-refractivity contribution in [3.8, 4) is 0 Å². The van der Waals surface area contributed by atoms with Crippen LogP contribution in [0.5, 0.6) is 0 Å². The number of aromatic nitrogens is 1. The first-order chi connectivity index (χ1) is 12.4. The van der Waals surface area contributed by atoms with Crippen LogP contribution in [-0.2, 0) is 5.41 Å². The van der Waals surface area contributed by atoms with Gasteiger partial charge in [-0.3, -0.25) is 4.98 Å². The van der Waals surface area contributed by atoms with Gasteiger partial charge in [-0.05, 0) is 53.3 Å². The fraction of sp³-hybridized carbons (Fsp3) is 0.375. The van der Waals surface area contributed by atoms with Crippen LogP contribution in [0, 0.1) is 11.8 Å². The molecule has 0 amide bonds. The summed E-state index contributed by atoms with van der Waals surface area (Å²) >= 11 is 0. The Bertz CT molecular complexity index is 954.